The maximum absolute atomic E-state index is 12.2. The molecule has 3 N–H and O–H groups in total. The van der Waals surface area contributed by atoms with E-state index in [9.17, 15) is 13.2 Å². The average molecular weight is 297 g/mol. The van der Waals surface area contributed by atoms with Crippen LogP contribution in [0.1, 0.15) is 19.4 Å². The number of carbonyl (C=O) groups is 1. The van der Waals surface area contributed by atoms with E-state index in [1.807, 2.05) is 0 Å². The lowest BCUT2D eigenvalue weighted by atomic mass is 10.2. The predicted octanol–water partition coefficient (Wildman–Crippen LogP) is 0.221. The van der Waals surface area contributed by atoms with Crippen molar-refractivity contribution in [3.05, 3.63) is 23.8 Å². The second-order valence-electron chi connectivity index (χ2n) is 4.97. The number of amides is 1. The van der Waals surface area contributed by atoms with Crippen LogP contribution in [0.3, 0.4) is 0 Å². The van der Waals surface area contributed by atoms with Crippen LogP contribution in [0.2, 0.25) is 0 Å². The Labute approximate surface area is 119 Å². The van der Waals surface area contributed by atoms with E-state index in [0.29, 0.717) is 13.0 Å². The smallest absolute Gasteiger partial charge is 0.240 e. The molecule has 0 fully saturated rings. The third-order valence-corrected chi connectivity index (χ3v) is 4.93. The summed E-state index contributed by atoms with van der Waals surface area (Å²) < 4.78 is 26.9. The summed E-state index contributed by atoms with van der Waals surface area (Å²) in [6, 6.07) is 4.52. The van der Waals surface area contributed by atoms with Crippen molar-refractivity contribution in [3.8, 4) is 0 Å². The van der Waals surface area contributed by atoms with Crippen molar-refractivity contribution in [2.75, 3.05) is 18.0 Å². The van der Waals surface area contributed by atoms with Crippen LogP contribution in [0.25, 0.3) is 0 Å². The van der Waals surface area contributed by atoms with Gasteiger partial charge in [0.1, 0.15) is 0 Å². The van der Waals surface area contributed by atoms with Crippen LogP contribution >= 0.6 is 0 Å². The number of nitrogens with two attached hydrogens (primary N) is 1. The zero-order valence-corrected chi connectivity index (χ0v) is 12.4. The number of nitrogens with one attached hydrogen (secondary N) is 1. The van der Waals surface area contributed by atoms with Crippen LogP contribution < -0.4 is 15.4 Å². The van der Waals surface area contributed by atoms with Crippen LogP contribution in [-0.2, 0) is 21.2 Å². The first kappa shape index (κ1) is 15.0. The maximum atomic E-state index is 12.2. The fourth-order valence-corrected chi connectivity index (χ4v) is 3.56. The molecule has 0 radical (unpaired) electrons. The molecule has 20 heavy (non-hydrogen) atoms. The first-order valence-corrected chi connectivity index (χ1v) is 7.97. The molecule has 7 heteroatoms. The number of benzene rings is 1. The van der Waals surface area contributed by atoms with Crippen LogP contribution in [-0.4, -0.2) is 33.5 Å². The highest BCUT2D eigenvalue weighted by atomic mass is 32.2. The maximum Gasteiger partial charge on any atom is 0.240 e. The van der Waals surface area contributed by atoms with Crippen molar-refractivity contribution in [1.82, 2.24) is 4.72 Å². The molecule has 6 nitrogen and oxygen atoms in total. The number of hydrogen-bond acceptors (Lipinski definition) is 4. The number of sulfonamides is 1. The Hall–Kier alpha value is -1.44. The summed E-state index contributed by atoms with van der Waals surface area (Å²) in [4.78, 5) is 13.3. The quantitative estimate of drug-likeness (QED) is 0.831. The SMILES string of the molecule is CC(=O)N1CCc2cc(S(=O)(=O)N[C@@H](C)CN)ccc21. The summed E-state index contributed by atoms with van der Waals surface area (Å²) >= 11 is 0. The molecule has 1 aliphatic rings. The summed E-state index contributed by atoms with van der Waals surface area (Å²) in [6.07, 6.45) is 0.671. The topological polar surface area (TPSA) is 92.5 Å². The van der Waals surface area contributed by atoms with Crippen molar-refractivity contribution >= 4 is 21.6 Å². The van der Waals surface area contributed by atoms with Gasteiger partial charge in [-0.25, -0.2) is 13.1 Å². The second-order valence-corrected chi connectivity index (χ2v) is 6.68. The van der Waals surface area contributed by atoms with Crippen molar-refractivity contribution < 1.29 is 13.2 Å². The number of carbonyl (C=O) groups excluding carboxylic acids is 1. The lowest BCUT2D eigenvalue weighted by Gasteiger charge is -2.16. The van der Waals surface area contributed by atoms with E-state index in [-0.39, 0.29) is 23.4 Å². The van der Waals surface area contributed by atoms with E-state index >= 15 is 0 Å². The summed E-state index contributed by atoms with van der Waals surface area (Å²) in [5.41, 5.74) is 7.10. The van der Waals surface area contributed by atoms with Gasteiger partial charge in [-0.3, -0.25) is 4.79 Å². The molecular weight excluding hydrogens is 278 g/mol. The minimum atomic E-state index is -3.56. The highest BCUT2D eigenvalue weighted by Gasteiger charge is 2.25. The summed E-state index contributed by atoms with van der Waals surface area (Å²) in [7, 11) is -3.56. The van der Waals surface area contributed by atoms with E-state index in [4.69, 9.17) is 5.73 Å². The van der Waals surface area contributed by atoms with Crippen LogP contribution in [0.15, 0.2) is 23.1 Å². The van der Waals surface area contributed by atoms with Gasteiger partial charge in [-0.15, -0.1) is 0 Å². The fraction of sp³-hybridized carbons (Fsp3) is 0.462. The molecule has 0 spiro atoms. The van der Waals surface area contributed by atoms with Gasteiger partial charge in [0.25, 0.3) is 0 Å². The lowest BCUT2D eigenvalue weighted by Crippen LogP contribution is -2.37. The Morgan fingerprint density at radius 2 is 2.20 bits per heavy atom. The second kappa shape index (κ2) is 5.51. The Morgan fingerprint density at radius 3 is 2.80 bits per heavy atom. The molecule has 0 unspecified atom stereocenters. The van der Waals surface area contributed by atoms with E-state index in [1.54, 1.807) is 24.0 Å². The third kappa shape index (κ3) is 2.84. The number of rotatable bonds is 4. The first-order valence-electron chi connectivity index (χ1n) is 6.48. The molecule has 1 amide bonds. The van der Waals surface area contributed by atoms with E-state index in [2.05, 4.69) is 4.72 Å². The van der Waals surface area contributed by atoms with Crippen molar-refractivity contribution in [2.45, 2.75) is 31.2 Å². The normalized spacial score (nSPS) is 16.1. The molecule has 110 valence electrons. The van der Waals surface area contributed by atoms with Crippen molar-refractivity contribution in [1.29, 1.82) is 0 Å². The Balaban J connectivity index is 2.31. The van der Waals surface area contributed by atoms with Crippen molar-refractivity contribution in [2.24, 2.45) is 5.73 Å². The van der Waals surface area contributed by atoms with E-state index in [1.165, 1.54) is 13.0 Å². The first-order chi connectivity index (χ1) is 9.35. The van der Waals surface area contributed by atoms with Gasteiger partial charge in [0.15, 0.2) is 0 Å². The molecule has 1 aliphatic heterocycles. The molecule has 1 heterocycles. The monoisotopic (exact) mass is 297 g/mol. The molecule has 1 aromatic rings. The van der Waals surface area contributed by atoms with Crippen LogP contribution in [0, 0.1) is 0 Å². The fourth-order valence-electron chi connectivity index (χ4n) is 2.25. The highest BCUT2D eigenvalue weighted by molar-refractivity contribution is 7.89. The van der Waals surface area contributed by atoms with Gasteiger partial charge in [0, 0.05) is 31.7 Å². The molecule has 1 atom stereocenters. The summed E-state index contributed by atoms with van der Waals surface area (Å²) in [5.74, 6) is -0.0331. The van der Waals surface area contributed by atoms with Gasteiger partial charge in [0.05, 0.1) is 4.90 Å². The molecule has 0 aliphatic carbocycles. The Bertz CT molecular complexity index is 628. The minimum Gasteiger partial charge on any atom is -0.329 e. The van der Waals surface area contributed by atoms with Gasteiger partial charge in [0.2, 0.25) is 15.9 Å². The van der Waals surface area contributed by atoms with Crippen molar-refractivity contribution in [3.63, 3.8) is 0 Å². The van der Waals surface area contributed by atoms with Crippen LogP contribution in [0.5, 0.6) is 0 Å². The molecule has 1 aromatic carbocycles. The molecule has 0 saturated carbocycles. The Morgan fingerprint density at radius 1 is 1.50 bits per heavy atom. The summed E-state index contributed by atoms with van der Waals surface area (Å²) in [6.45, 7) is 4.05. The molecular formula is C13H19N3O3S. The van der Waals surface area contributed by atoms with Gasteiger partial charge in [-0.1, -0.05) is 0 Å². The molecule has 2 rings (SSSR count). The molecule has 0 saturated heterocycles. The standard InChI is InChI=1S/C13H19N3O3S/c1-9(8-14)15-20(18,19)12-3-4-13-11(7-12)5-6-16(13)10(2)17/h3-4,7,9,15H,5-6,8,14H2,1-2H3/t9-/m0/s1. The lowest BCUT2D eigenvalue weighted by molar-refractivity contribution is -0.116. The molecule has 0 bridgehead atoms. The zero-order valence-electron chi connectivity index (χ0n) is 11.6. The number of hydrogen-bond donors (Lipinski definition) is 2. The third-order valence-electron chi connectivity index (χ3n) is 3.35. The van der Waals surface area contributed by atoms with E-state index < -0.39 is 10.0 Å². The average Bonchev–Trinajstić information content (AvgIpc) is 2.80. The van der Waals surface area contributed by atoms with Gasteiger partial charge in [-0.05, 0) is 37.1 Å². The zero-order chi connectivity index (χ0) is 14.9. The minimum absolute atomic E-state index is 0.0331. The van der Waals surface area contributed by atoms with Gasteiger partial charge < -0.3 is 10.6 Å². The number of anilines is 1. The largest absolute Gasteiger partial charge is 0.329 e. The number of nitrogens with zero attached hydrogens (tertiary/aromatic N) is 1. The summed E-state index contributed by atoms with van der Waals surface area (Å²) in [5, 5.41) is 0. The van der Waals surface area contributed by atoms with Crippen LogP contribution in [0.4, 0.5) is 5.69 Å². The predicted molar refractivity (Wildman–Crippen MR) is 77.0 cm³/mol. The number of fused-ring (bicyclic) bond motifs is 1. The van der Waals surface area contributed by atoms with Gasteiger partial charge in [-0.2, -0.15) is 0 Å². The van der Waals surface area contributed by atoms with E-state index in [0.717, 1.165) is 11.3 Å². The molecule has 0 aromatic heterocycles. The Kier molecular flexibility index (Phi) is 4.12. The van der Waals surface area contributed by atoms with Gasteiger partial charge >= 0.3 is 0 Å². The highest BCUT2D eigenvalue weighted by Crippen LogP contribution is 2.30.